The Bertz CT molecular complexity index is 1640. The Kier molecular flexibility index (Phi) is 11.3. The van der Waals surface area contributed by atoms with Gasteiger partial charge >= 0.3 is 12.1 Å². The van der Waals surface area contributed by atoms with E-state index in [2.05, 4.69) is 25.5 Å². The zero-order chi connectivity index (χ0) is 36.0. The number of hydrogen-bond acceptors (Lipinski definition) is 11. The Morgan fingerprint density at radius 3 is 2.35 bits per heavy atom. The molecule has 12 nitrogen and oxygen atoms in total. The summed E-state index contributed by atoms with van der Waals surface area (Å²) in [6.45, 7) is 8.29. The first-order chi connectivity index (χ1) is 24.5. The minimum absolute atomic E-state index is 0.0702. The number of anilines is 2. The van der Waals surface area contributed by atoms with Gasteiger partial charge in [0.15, 0.2) is 0 Å². The number of aromatic nitrogens is 2. The molecule has 0 saturated carbocycles. The lowest BCUT2D eigenvalue weighted by Crippen LogP contribution is -2.41. The number of hydrogen-bond donors (Lipinski definition) is 3. The van der Waals surface area contributed by atoms with Crippen LogP contribution in [0.15, 0.2) is 54.6 Å². The van der Waals surface area contributed by atoms with Crippen molar-refractivity contribution in [3.63, 3.8) is 0 Å². The lowest BCUT2D eigenvalue weighted by Gasteiger charge is -2.39. The SMILES string of the molecule is CCOC(=O)[C@@H]1CC2(CCN(c3cc(O[C@H](c4ccc(-c5ccc(C(=O)NCCN6CCOCC6)cc5)cc4)C(F)(F)F)nc(N)n3)CC2)CN1. The molecule has 0 radical (unpaired) electrons. The fourth-order valence-corrected chi connectivity index (χ4v) is 6.93. The van der Waals surface area contributed by atoms with Crippen molar-refractivity contribution in [1.82, 2.24) is 25.5 Å². The van der Waals surface area contributed by atoms with Crippen LogP contribution in [0.4, 0.5) is 24.9 Å². The van der Waals surface area contributed by atoms with E-state index in [9.17, 15) is 22.8 Å². The highest BCUT2D eigenvalue weighted by molar-refractivity contribution is 5.94. The van der Waals surface area contributed by atoms with E-state index in [1.54, 1.807) is 43.3 Å². The van der Waals surface area contributed by atoms with Crippen LogP contribution in [0.2, 0.25) is 0 Å². The number of benzene rings is 2. The molecule has 0 unspecified atom stereocenters. The second-order valence-electron chi connectivity index (χ2n) is 13.2. The summed E-state index contributed by atoms with van der Waals surface area (Å²) in [6, 6.07) is 13.9. The number of ether oxygens (including phenoxy) is 3. The maximum absolute atomic E-state index is 14.4. The molecule has 274 valence electrons. The fraction of sp³-hybridized carbons (Fsp3) is 0.500. The van der Waals surface area contributed by atoms with Crippen LogP contribution in [0.1, 0.15) is 48.2 Å². The molecule has 2 atom stereocenters. The van der Waals surface area contributed by atoms with Gasteiger partial charge in [-0.1, -0.05) is 36.4 Å². The van der Waals surface area contributed by atoms with Gasteiger partial charge in [-0.25, -0.2) is 0 Å². The number of esters is 1. The van der Waals surface area contributed by atoms with Gasteiger partial charge in [-0.2, -0.15) is 23.1 Å². The molecule has 3 saturated heterocycles. The summed E-state index contributed by atoms with van der Waals surface area (Å²) in [5.41, 5.74) is 7.70. The van der Waals surface area contributed by atoms with E-state index in [4.69, 9.17) is 19.9 Å². The molecule has 51 heavy (non-hydrogen) atoms. The lowest BCUT2D eigenvalue weighted by molar-refractivity contribution is -0.198. The van der Waals surface area contributed by atoms with Crippen LogP contribution >= 0.6 is 0 Å². The van der Waals surface area contributed by atoms with Gasteiger partial charge in [0, 0.05) is 63.0 Å². The Hall–Kier alpha value is -4.47. The van der Waals surface area contributed by atoms with Crippen LogP contribution in [-0.2, 0) is 14.3 Å². The van der Waals surface area contributed by atoms with Gasteiger partial charge in [0.25, 0.3) is 5.91 Å². The first-order valence-electron chi connectivity index (χ1n) is 17.3. The van der Waals surface area contributed by atoms with Gasteiger partial charge in [0.1, 0.15) is 11.9 Å². The Balaban J connectivity index is 1.07. The smallest absolute Gasteiger partial charge is 0.429 e. The molecule has 2 aromatic carbocycles. The van der Waals surface area contributed by atoms with Gasteiger partial charge < -0.3 is 35.5 Å². The molecule has 0 aliphatic carbocycles. The highest BCUT2D eigenvalue weighted by Crippen LogP contribution is 2.42. The van der Waals surface area contributed by atoms with Gasteiger partial charge in [0.05, 0.1) is 19.8 Å². The Labute approximate surface area is 294 Å². The number of nitrogens with zero attached hydrogens (tertiary/aromatic N) is 4. The van der Waals surface area contributed by atoms with Crippen LogP contribution in [0.25, 0.3) is 11.1 Å². The largest absolute Gasteiger partial charge is 0.465 e. The van der Waals surface area contributed by atoms with Crippen molar-refractivity contribution in [3.05, 3.63) is 65.7 Å². The number of piperidine rings is 1. The molecule has 3 aromatic rings. The second-order valence-corrected chi connectivity index (χ2v) is 13.2. The number of amides is 1. The van der Waals surface area contributed by atoms with Crippen LogP contribution in [-0.4, -0.2) is 105 Å². The van der Waals surface area contributed by atoms with Crippen molar-refractivity contribution in [2.75, 3.05) is 76.3 Å². The topological polar surface area (TPSA) is 144 Å². The van der Waals surface area contributed by atoms with E-state index in [1.165, 1.54) is 18.2 Å². The number of morpholine rings is 1. The average Bonchev–Trinajstić information content (AvgIpc) is 3.54. The van der Waals surface area contributed by atoms with Crippen molar-refractivity contribution < 1.29 is 37.0 Å². The zero-order valence-corrected chi connectivity index (χ0v) is 28.6. The van der Waals surface area contributed by atoms with Gasteiger partial charge in [0.2, 0.25) is 17.9 Å². The van der Waals surface area contributed by atoms with Crippen molar-refractivity contribution in [2.24, 2.45) is 5.41 Å². The normalized spacial score (nSPS) is 19.8. The van der Waals surface area contributed by atoms with Crippen LogP contribution < -0.4 is 26.0 Å². The summed E-state index contributed by atoms with van der Waals surface area (Å²) in [5, 5.41) is 6.20. The maximum Gasteiger partial charge on any atom is 0.429 e. The first-order valence-corrected chi connectivity index (χ1v) is 17.3. The van der Waals surface area contributed by atoms with Crippen LogP contribution in [0.5, 0.6) is 5.88 Å². The van der Waals surface area contributed by atoms with E-state index in [0.29, 0.717) is 69.4 Å². The van der Waals surface area contributed by atoms with Gasteiger partial charge in [-0.15, -0.1) is 0 Å². The second kappa shape index (κ2) is 15.8. The van der Waals surface area contributed by atoms with E-state index in [0.717, 1.165) is 38.0 Å². The minimum Gasteiger partial charge on any atom is -0.465 e. The van der Waals surface area contributed by atoms with Crippen LogP contribution in [0.3, 0.4) is 0 Å². The first kappa shape index (κ1) is 36.3. The zero-order valence-electron chi connectivity index (χ0n) is 28.6. The number of nitrogens with one attached hydrogen (secondary N) is 2. The quantitative estimate of drug-likeness (QED) is 0.249. The summed E-state index contributed by atoms with van der Waals surface area (Å²) in [7, 11) is 0. The summed E-state index contributed by atoms with van der Waals surface area (Å²) in [6.07, 6.45) is -4.85. The highest BCUT2D eigenvalue weighted by atomic mass is 19.4. The van der Waals surface area contributed by atoms with Crippen molar-refractivity contribution in [1.29, 1.82) is 0 Å². The molecule has 3 aliphatic rings. The van der Waals surface area contributed by atoms with Crippen molar-refractivity contribution >= 4 is 23.6 Å². The van der Waals surface area contributed by atoms with E-state index >= 15 is 0 Å². The summed E-state index contributed by atoms with van der Waals surface area (Å²) in [4.78, 5) is 37.3. The van der Waals surface area contributed by atoms with Crippen LogP contribution in [0, 0.1) is 5.41 Å². The molecule has 4 heterocycles. The molecular weight excluding hydrogens is 667 g/mol. The number of carbonyl (C=O) groups is 2. The Morgan fingerprint density at radius 2 is 1.71 bits per heavy atom. The summed E-state index contributed by atoms with van der Waals surface area (Å²) in [5.74, 6) is -0.540. The van der Waals surface area contributed by atoms with E-state index < -0.39 is 12.3 Å². The third-order valence-corrected chi connectivity index (χ3v) is 9.83. The third-order valence-electron chi connectivity index (χ3n) is 9.83. The number of rotatable bonds is 11. The fourth-order valence-electron chi connectivity index (χ4n) is 6.93. The third kappa shape index (κ3) is 9.07. The summed E-state index contributed by atoms with van der Waals surface area (Å²) < 4.78 is 59.2. The molecular formula is C36H44F3N7O5. The maximum atomic E-state index is 14.4. The molecule has 15 heteroatoms. The monoisotopic (exact) mass is 711 g/mol. The minimum atomic E-state index is -4.75. The predicted molar refractivity (Wildman–Crippen MR) is 184 cm³/mol. The molecule has 3 fully saturated rings. The van der Waals surface area contributed by atoms with E-state index in [-0.39, 0.29) is 40.7 Å². The van der Waals surface area contributed by atoms with Crippen molar-refractivity contribution in [3.8, 4) is 17.0 Å². The number of alkyl halides is 3. The molecule has 4 N–H and O–H groups in total. The number of nitrogens with two attached hydrogens (primary N) is 1. The molecule has 6 rings (SSSR count). The lowest BCUT2D eigenvalue weighted by atomic mass is 9.76. The number of halogens is 3. The summed E-state index contributed by atoms with van der Waals surface area (Å²) >= 11 is 0. The molecule has 1 aromatic heterocycles. The molecule has 1 amide bonds. The Morgan fingerprint density at radius 1 is 1.04 bits per heavy atom. The highest BCUT2D eigenvalue weighted by Gasteiger charge is 2.45. The standard InChI is InChI=1S/C36H44F3N7O5/c1-2-50-33(48)28-22-35(23-42-28)11-14-46(15-12-35)29-21-30(44-34(40)43-29)51-31(36(37,38)39)26-7-3-24(4-8-26)25-5-9-27(10-6-25)32(47)41-13-16-45-17-19-49-20-18-45/h3-10,21,28,31,42H,2,11-20,22-23H2,1H3,(H,41,47)(H2,40,43,44)/t28-,31+/m0/s1. The molecule has 1 spiro atoms. The number of nitrogen functional groups attached to an aromatic ring is 1. The van der Waals surface area contributed by atoms with Gasteiger partial charge in [-0.3, -0.25) is 14.5 Å². The molecule has 3 aliphatic heterocycles. The molecule has 0 bridgehead atoms. The van der Waals surface area contributed by atoms with E-state index in [1.807, 2.05) is 4.90 Å². The van der Waals surface area contributed by atoms with Gasteiger partial charge in [-0.05, 0) is 54.9 Å². The average molecular weight is 712 g/mol. The number of carbonyl (C=O) groups excluding carboxylic acids is 2. The van der Waals surface area contributed by atoms with Crippen molar-refractivity contribution in [2.45, 2.75) is 44.5 Å². The predicted octanol–water partition coefficient (Wildman–Crippen LogP) is 3.98.